The Hall–Kier alpha value is -6.67. The molecule has 0 radical (unpaired) electrons. The minimum Gasteiger partial charge on any atom is -0.508 e. The molecule has 6 unspecified atom stereocenters. The van der Waals surface area contributed by atoms with Crippen molar-refractivity contribution in [3.05, 3.63) is 179 Å². The number of carbonyl (C=O) groups is 5. The standard InChI is InChI=1S/C49H39NO7/c1-29(51)31-17-19-34(20-18-31)50-47(55)38-24-23-36-40(44(38)48(50)56)26-41-46(54)39(32-13-7-3-8-14-32)27-43(53)49(41,33-15-9-4-10-16-33)45(36)37-22-21-35(25-42(37)52)57-28-30-11-5-2-6-12-30/h2-23,25,27,38,40-41,44-45,52H,24,26,28H2,1H3. The third-order valence-electron chi connectivity index (χ3n) is 12.5. The average molecular weight is 754 g/mol. The number of phenolic OH excluding ortho intramolecular Hbond substituents is 1. The highest BCUT2D eigenvalue weighted by Crippen LogP contribution is 2.64. The third-order valence-corrected chi connectivity index (χ3v) is 12.5. The number of allylic oxidation sites excluding steroid dienone is 4. The summed E-state index contributed by atoms with van der Waals surface area (Å²) in [7, 11) is 0. The predicted octanol–water partition coefficient (Wildman–Crippen LogP) is 8.20. The summed E-state index contributed by atoms with van der Waals surface area (Å²) >= 11 is 0. The molecule has 5 aromatic carbocycles. The summed E-state index contributed by atoms with van der Waals surface area (Å²) < 4.78 is 6.08. The van der Waals surface area contributed by atoms with E-state index in [9.17, 15) is 19.5 Å². The molecule has 1 saturated heterocycles. The van der Waals surface area contributed by atoms with Gasteiger partial charge in [0.25, 0.3) is 0 Å². The average Bonchev–Trinajstić information content (AvgIpc) is 3.50. The summed E-state index contributed by atoms with van der Waals surface area (Å²) in [6, 6.07) is 39.6. The number of benzene rings is 5. The summed E-state index contributed by atoms with van der Waals surface area (Å²) in [5.74, 6) is -4.96. The molecule has 5 aromatic rings. The van der Waals surface area contributed by atoms with Crippen LogP contribution in [-0.4, -0.2) is 34.3 Å². The monoisotopic (exact) mass is 753 g/mol. The van der Waals surface area contributed by atoms with Crippen molar-refractivity contribution < 1.29 is 33.8 Å². The molecule has 0 bridgehead atoms. The number of ether oxygens (including phenoxy) is 1. The van der Waals surface area contributed by atoms with Crippen LogP contribution in [0.1, 0.15) is 58.3 Å². The van der Waals surface area contributed by atoms with Gasteiger partial charge >= 0.3 is 0 Å². The van der Waals surface area contributed by atoms with Crippen molar-refractivity contribution in [2.24, 2.45) is 23.7 Å². The number of fused-ring (bicyclic) bond motifs is 4. The number of hydrogen-bond acceptors (Lipinski definition) is 7. The number of hydrogen-bond donors (Lipinski definition) is 1. The fourth-order valence-electron chi connectivity index (χ4n) is 9.92. The second-order valence-electron chi connectivity index (χ2n) is 15.4. The van der Waals surface area contributed by atoms with E-state index in [4.69, 9.17) is 4.74 Å². The van der Waals surface area contributed by atoms with Crippen LogP contribution < -0.4 is 9.64 Å². The molecule has 0 spiro atoms. The first-order valence-electron chi connectivity index (χ1n) is 19.3. The molecule has 2 fully saturated rings. The Morgan fingerprint density at radius 1 is 0.789 bits per heavy atom. The highest BCUT2D eigenvalue weighted by atomic mass is 16.5. The zero-order chi connectivity index (χ0) is 39.4. The van der Waals surface area contributed by atoms with Crippen molar-refractivity contribution in [1.82, 2.24) is 0 Å². The Balaban J connectivity index is 1.21. The van der Waals surface area contributed by atoms with Gasteiger partial charge in [-0.2, -0.15) is 0 Å². The van der Waals surface area contributed by atoms with Crippen molar-refractivity contribution in [2.75, 3.05) is 4.90 Å². The van der Waals surface area contributed by atoms with Crippen LogP contribution in [0, 0.1) is 23.7 Å². The lowest BCUT2D eigenvalue weighted by atomic mass is 9.44. The first kappa shape index (κ1) is 36.0. The van der Waals surface area contributed by atoms with Gasteiger partial charge in [0.05, 0.1) is 22.9 Å². The van der Waals surface area contributed by atoms with Crippen molar-refractivity contribution in [3.63, 3.8) is 0 Å². The minimum absolute atomic E-state index is 0.109. The molecule has 1 heterocycles. The predicted molar refractivity (Wildman–Crippen MR) is 214 cm³/mol. The van der Waals surface area contributed by atoms with E-state index in [2.05, 4.69) is 0 Å². The number of rotatable bonds is 8. The van der Waals surface area contributed by atoms with E-state index < -0.39 is 35.0 Å². The Morgan fingerprint density at radius 2 is 1.46 bits per heavy atom. The molecule has 8 nitrogen and oxygen atoms in total. The largest absolute Gasteiger partial charge is 0.508 e. The molecule has 1 aliphatic heterocycles. The van der Waals surface area contributed by atoms with E-state index in [0.717, 1.165) is 11.1 Å². The lowest BCUT2D eigenvalue weighted by Crippen LogP contribution is -2.58. The Bertz CT molecular complexity index is 2510. The van der Waals surface area contributed by atoms with Gasteiger partial charge in [0.2, 0.25) is 11.8 Å². The normalized spacial score (nSPS) is 25.2. The first-order chi connectivity index (χ1) is 27.7. The molecule has 4 aliphatic rings. The highest BCUT2D eigenvalue weighted by Gasteiger charge is 2.66. The fourth-order valence-corrected chi connectivity index (χ4v) is 9.92. The molecular formula is C49H39NO7. The van der Waals surface area contributed by atoms with Crippen LogP contribution in [0.25, 0.3) is 5.57 Å². The fraction of sp³-hybridized carbons (Fsp3) is 0.204. The molecule has 0 aromatic heterocycles. The van der Waals surface area contributed by atoms with Gasteiger partial charge in [0, 0.05) is 34.6 Å². The Kier molecular flexibility index (Phi) is 8.92. The second kappa shape index (κ2) is 14.1. The van der Waals surface area contributed by atoms with Gasteiger partial charge in [-0.1, -0.05) is 109 Å². The lowest BCUT2D eigenvalue weighted by Gasteiger charge is -2.55. The molecule has 3 aliphatic carbocycles. The van der Waals surface area contributed by atoms with Crippen molar-refractivity contribution in [3.8, 4) is 11.5 Å². The minimum atomic E-state index is -1.48. The number of nitrogens with zero attached hydrogens (tertiary/aromatic N) is 1. The number of carbonyl (C=O) groups excluding carboxylic acids is 5. The summed E-state index contributed by atoms with van der Waals surface area (Å²) in [4.78, 5) is 72.6. The van der Waals surface area contributed by atoms with Crippen LogP contribution >= 0.6 is 0 Å². The van der Waals surface area contributed by atoms with Gasteiger partial charge in [0.1, 0.15) is 18.1 Å². The highest BCUT2D eigenvalue weighted by molar-refractivity contribution is 6.32. The van der Waals surface area contributed by atoms with E-state index in [1.54, 1.807) is 42.5 Å². The van der Waals surface area contributed by atoms with E-state index in [-0.39, 0.29) is 54.4 Å². The quantitative estimate of drug-likeness (QED) is 0.0965. The maximum atomic E-state index is 15.3. The van der Waals surface area contributed by atoms with Crippen LogP contribution in [0.15, 0.2) is 151 Å². The number of ketones is 3. The number of aromatic hydroxyl groups is 1. The van der Waals surface area contributed by atoms with Gasteiger partial charge in [-0.05, 0) is 78.8 Å². The maximum absolute atomic E-state index is 15.3. The summed E-state index contributed by atoms with van der Waals surface area (Å²) in [6.07, 6.45) is 3.81. The Labute approximate surface area is 330 Å². The molecule has 282 valence electrons. The van der Waals surface area contributed by atoms with E-state index in [1.165, 1.54) is 17.9 Å². The number of imide groups is 1. The molecule has 1 N–H and O–H groups in total. The molecule has 6 atom stereocenters. The smallest absolute Gasteiger partial charge is 0.238 e. The zero-order valence-corrected chi connectivity index (χ0v) is 31.2. The van der Waals surface area contributed by atoms with Crippen LogP contribution in [0.4, 0.5) is 5.69 Å². The number of amides is 2. The third kappa shape index (κ3) is 5.77. The van der Waals surface area contributed by atoms with Crippen LogP contribution in [0.5, 0.6) is 11.5 Å². The first-order valence-corrected chi connectivity index (χ1v) is 19.3. The number of phenols is 1. The van der Waals surface area contributed by atoms with Crippen LogP contribution in [-0.2, 0) is 31.2 Å². The molecule has 9 rings (SSSR count). The number of Topliss-reactive ketones (excluding diaryl/α,β-unsaturated/α-hetero) is 2. The molecule has 2 amide bonds. The maximum Gasteiger partial charge on any atom is 0.238 e. The van der Waals surface area contributed by atoms with Crippen molar-refractivity contribution in [1.29, 1.82) is 0 Å². The molecule has 1 saturated carbocycles. The molecule has 57 heavy (non-hydrogen) atoms. The lowest BCUT2D eigenvalue weighted by molar-refractivity contribution is -0.135. The van der Waals surface area contributed by atoms with Crippen LogP contribution in [0.2, 0.25) is 0 Å². The molecule has 8 heteroatoms. The number of anilines is 1. The van der Waals surface area contributed by atoms with Crippen molar-refractivity contribution in [2.45, 2.75) is 37.7 Å². The van der Waals surface area contributed by atoms with Gasteiger partial charge in [-0.25, -0.2) is 0 Å². The second-order valence-corrected chi connectivity index (χ2v) is 15.4. The van der Waals surface area contributed by atoms with E-state index >= 15 is 9.59 Å². The topological polar surface area (TPSA) is 118 Å². The Morgan fingerprint density at radius 3 is 2.12 bits per heavy atom. The van der Waals surface area contributed by atoms with E-state index in [0.29, 0.717) is 39.3 Å². The van der Waals surface area contributed by atoms with E-state index in [1.807, 2.05) is 97.1 Å². The summed E-state index contributed by atoms with van der Waals surface area (Å²) in [6.45, 7) is 1.73. The van der Waals surface area contributed by atoms with Crippen LogP contribution in [0.3, 0.4) is 0 Å². The van der Waals surface area contributed by atoms with Gasteiger partial charge < -0.3 is 9.84 Å². The van der Waals surface area contributed by atoms with Crippen molar-refractivity contribution >= 4 is 40.4 Å². The SMILES string of the molecule is CC(=O)c1ccc(N2C(=O)C3CC=C4C(CC5C(=O)C(c6ccccc6)=CC(=O)C5(c5ccccc5)C4c4ccc(OCc5ccccc5)cc4O)C3C2=O)cc1. The van der Waals surface area contributed by atoms with Gasteiger partial charge in [-0.15, -0.1) is 0 Å². The molecular weight excluding hydrogens is 715 g/mol. The summed E-state index contributed by atoms with van der Waals surface area (Å²) in [5.41, 5.74) is 3.03. The zero-order valence-electron chi connectivity index (χ0n) is 31.2. The van der Waals surface area contributed by atoms with Gasteiger partial charge in [0.15, 0.2) is 17.3 Å². The summed E-state index contributed by atoms with van der Waals surface area (Å²) in [5, 5.41) is 12.0. The van der Waals surface area contributed by atoms with Gasteiger partial charge in [-0.3, -0.25) is 28.9 Å².